The Morgan fingerprint density at radius 1 is 1.50 bits per heavy atom. The van der Waals surface area contributed by atoms with Crippen LogP contribution in [0.25, 0.3) is 0 Å². The number of allylic oxidation sites excluding steroid dienone is 3. The molecule has 0 unspecified atom stereocenters. The van der Waals surface area contributed by atoms with Crippen molar-refractivity contribution in [2.24, 2.45) is 5.73 Å². The summed E-state index contributed by atoms with van der Waals surface area (Å²) in [7, 11) is 0. The fourth-order valence-corrected chi connectivity index (χ4v) is 2.36. The summed E-state index contributed by atoms with van der Waals surface area (Å²) < 4.78 is 18.7. The van der Waals surface area contributed by atoms with Crippen LogP contribution in [0.2, 0.25) is 0 Å². The average Bonchev–Trinajstić information content (AvgIpc) is 2.37. The van der Waals surface area contributed by atoms with E-state index in [9.17, 15) is 14.4 Å². The Labute approximate surface area is 116 Å². The maximum absolute atomic E-state index is 13.4. The molecule has 5 heteroatoms. The van der Waals surface area contributed by atoms with Crippen molar-refractivity contribution in [3.8, 4) is 6.07 Å². The number of hydrogen-bond donors (Lipinski definition) is 1. The minimum Gasteiger partial charge on any atom is -0.445 e. The van der Waals surface area contributed by atoms with Crippen LogP contribution in [0.1, 0.15) is 25.3 Å². The lowest BCUT2D eigenvalue weighted by atomic mass is 9.81. The number of benzene rings is 1. The van der Waals surface area contributed by atoms with E-state index in [0.717, 1.165) is 0 Å². The molecule has 0 saturated carbocycles. The second kappa shape index (κ2) is 5.17. The Hall–Kier alpha value is -2.61. The van der Waals surface area contributed by atoms with E-state index < -0.39 is 11.7 Å². The summed E-state index contributed by atoms with van der Waals surface area (Å²) >= 11 is 0. The smallest absolute Gasteiger partial charge is 0.205 e. The molecule has 20 heavy (non-hydrogen) atoms. The molecule has 0 aromatic heterocycles. The van der Waals surface area contributed by atoms with Gasteiger partial charge in [-0.15, -0.1) is 0 Å². The third kappa shape index (κ3) is 2.28. The highest BCUT2D eigenvalue weighted by Gasteiger charge is 2.33. The molecule has 0 spiro atoms. The third-order valence-electron chi connectivity index (χ3n) is 3.17. The van der Waals surface area contributed by atoms with Crippen LogP contribution in [-0.4, -0.2) is 5.78 Å². The third-order valence-corrected chi connectivity index (χ3v) is 3.17. The number of hydrogen-bond acceptors (Lipinski definition) is 4. The number of ketones is 1. The Balaban J connectivity index is 2.67. The van der Waals surface area contributed by atoms with E-state index in [1.165, 1.54) is 25.1 Å². The average molecular weight is 272 g/mol. The lowest BCUT2D eigenvalue weighted by Crippen LogP contribution is -2.23. The van der Waals surface area contributed by atoms with Gasteiger partial charge in [0, 0.05) is 5.57 Å². The molecule has 1 atom stereocenters. The number of Topliss-reactive ketones (excluding diaryl/α,β-unsaturated/α-hetero) is 1. The molecule has 1 heterocycles. The number of rotatable bonds is 2. The molecule has 0 fully saturated rings. The summed E-state index contributed by atoms with van der Waals surface area (Å²) in [5.74, 6) is -1.09. The van der Waals surface area contributed by atoms with E-state index in [1.807, 2.05) is 6.07 Å². The summed E-state index contributed by atoms with van der Waals surface area (Å²) in [5.41, 5.74) is 6.64. The van der Waals surface area contributed by atoms with Gasteiger partial charge in [0.25, 0.3) is 0 Å². The first kappa shape index (κ1) is 13.8. The number of halogens is 1. The Bertz CT molecular complexity index is 683. The van der Waals surface area contributed by atoms with Crippen LogP contribution in [0.3, 0.4) is 0 Å². The quantitative estimate of drug-likeness (QED) is 0.897. The molecule has 0 amide bonds. The van der Waals surface area contributed by atoms with Crippen LogP contribution in [0.5, 0.6) is 0 Å². The highest BCUT2D eigenvalue weighted by Crippen LogP contribution is 2.39. The zero-order valence-corrected chi connectivity index (χ0v) is 11.1. The summed E-state index contributed by atoms with van der Waals surface area (Å²) in [6, 6.07) is 7.71. The number of nitrogens with zero attached hydrogens (tertiary/aromatic N) is 1. The Morgan fingerprint density at radius 3 is 2.75 bits per heavy atom. The van der Waals surface area contributed by atoms with Crippen LogP contribution >= 0.6 is 0 Å². The highest BCUT2D eigenvalue weighted by atomic mass is 19.1. The van der Waals surface area contributed by atoms with E-state index in [2.05, 4.69) is 0 Å². The number of nitriles is 1. The molecule has 1 aromatic rings. The van der Waals surface area contributed by atoms with Crippen molar-refractivity contribution in [2.45, 2.75) is 19.8 Å². The van der Waals surface area contributed by atoms with Gasteiger partial charge in [0.05, 0.1) is 5.92 Å². The van der Waals surface area contributed by atoms with E-state index >= 15 is 0 Å². The molecule has 1 aromatic carbocycles. The summed E-state index contributed by atoms with van der Waals surface area (Å²) in [6.45, 7) is 2.98. The zero-order chi connectivity index (χ0) is 14.9. The van der Waals surface area contributed by atoms with Crippen molar-refractivity contribution in [1.29, 1.82) is 5.26 Å². The van der Waals surface area contributed by atoms with Crippen molar-refractivity contribution < 1.29 is 13.9 Å². The van der Waals surface area contributed by atoms with Crippen LogP contribution in [0.15, 0.2) is 47.1 Å². The lowest BCUT2D eigenvalue weighted by Gasteiger charge is -2.26. The van der Waals surface area contributed by atoms with Gasteiger partial charge in [-0.25, -0.2) is 4.39 Å². The minimum absolute atomic E-state index is 0.0516. The maximum atomic E-state index is 13.4. The van der Waals surface area contributed by atoms with Gasteiger partial charge in [-0.05, 0) is 31.5 Å². The highest BCUT2D eigenvalue weighted by molar-refractivity contribution is 5.96. The molecule has 4 nitrogen and oxygen atoms in total. The normalized spacial score (nSPS) is 18.6. The molecule has 102 valence electrons. The monoisotopic (exact) mass is 272 g/mol. The molecule has 2 N–H and O–H groups in total. The van der Waals surface area contributed by atoms with Gasteiger partial charge in [0.15, 0.2) is 5.78 Å². The van der Waals surface area contributed by atoms with Gasteiger partial charge in [0.1, 0.15) is 23.2 Å². The van der Waals surface area contributed by atoms with Gasteiger partial charge in [-0.2, -0.15) is 5.26 Å². The standard InChI is InChI=1S/C15H13FN2O2/c1-8(19)13-9(2)20-15(18)12(7-17)14(13)10-4-3-5-11(16)6-10/h3-6,14H,18H2,1-2H3/t14-/m0/s1. The first-order chi connectivity index (χ1) is 9.45. The van der Waals surface area contributed by atoms with Crippen molar-refractivity contribution in [3.63, 3.8) is 0 Å². The molecule has 0 aliphatic carbocycles. The van der Waals surface area contributed by atoms with E-state index in [1.54, 1.807) is 13.0 Å². The van der Waals surface area contributed by atoms with Crippen molar-refractivity contribution >= 4 is 5.78 Å². The lowest BCUT2D eigenvalue weighted by molar-refractivity contribution is -0.114. The number of nitrogens with two attached hydrogens (primary N) is 1. The van der Waals surface area contributed by atoms with Crippen LogP contribution in [-0.2, 0) is 9.53 Å². The molecule has 1 aliphatic heterocycles. The zero-order valence-electron chi connectivity index (χ0n) is 11.1. The molecular formula is C15H13FN2O2. The molecule has 0 bridgehead atoms. The van der Waals surface area contributed by atoms with E-state index in [0.29, 0.717) is 16.9 Å². The van der Waals surface area contributed by atoms with Crippen molar-refractivity contribution in [3.05, 3.63) is 58.4 Å². The van der Waals surface area contributed by atoms with E-state index in [-0.39, 0.29) is 17.2 Å². The van der Waals surface area contributed by atoms with Gasteiger partial charge >= 0.3 is 0 Å². The number of carbonyl (C=O) groups is 1. The first-order valence-electron chi connectivity index (χ1n) is 6.00. The summed E-state index contributed by atoms with van der Waals surface area (Å²) in [6.07, 6.45) is 0. The fraction of sp³-hybridized carbons (Fsp3) is 0.200. The Kier molecular flexibility index (Phi) is 3.57. The maximum Gasteiger partial charge on any atom is 0.205 e. The summed E-state index contributed by atoms with van der Waals surface area (Å²) in [5, 5.41) is 9.25. The number of ether oxygens (including phenoxy) is 1. The van der Waals surface area contributed by atoms with Gasteiger partial charge < -0.3 is 10.5 Å². The summed E-state index contributed by atoms with van der Waals surface area (Å²) in [4.78, 5) is 11.8. The second-order valence-electron chi connectivity index (χ2n) is 4.51. The molecule has 1 aliphatic rings. The van der Waals surface area contributed by atoms with Gasteiger partial charge in [-0.3, -0.25) is 4.79 Å². The molecule has 0 radical (unpaired) electrons. The van der Waals surface area contributed by atoms with Crippen LogP contribution in [0.4, 0.5) is 4.39 Å². The van der Waals surface area contributed by atoms with Crippen LogP contribution < -0.4 is 5.73 Å². The predicted molar refractivity (Wildman–Crippen MR) is 70.4 cm³/mol. The van der Waals surface area contributed by atoms with Crippen molar-refractivity contribution in [1.82, 2.24) is 0 Å². The SMILES string of the molecule is CC(=O)C1=C(C)OC(N)=C(C#N)[C@@H]1c1cccc(F)c1. The fourth-order valence-electron chi connectivity index (χ4n) is 2.36. The van der Waals surface area contributed by atoms with Gasteiger partial charge in [-0.1, -0.05) is 12.1 Å². The van der Waals surface area contributed by atoms with Gasteiger partial charge in [0.2, 0.25) is 5.88 Å². The first-order valence-corrected chi connectivity index (χ1v) is 6.00. The largest absolute Gasteiger partial charge is 0.445 e. The van der Waals surface area contributed by atoms with E-state index in [4.69, 9.17) is 10.5 Å². The molecular weight excluding hydrogens is 259 g/mol. The molecule has 0 saturated heterocycles. The Morgan fingerprint density at radius 2 is 2.20 bits per heavy atom. The topological polar surface area (TPSA) is 76.1 Å². The minimum atomic E-state index is -0.693. The molecule has 2 rings (SSSR count). The second-order valence-corrected chi connectivity index (χ2v) is 4.51. The predicted octanol–water partition coefficient (Wildman–Crippen LogP) is 2.50. The van der Waals surface area contributed by atoms with Crippen LogP contribution in [0, 0.1) is 17.1 Å². The number of carbonyl (C=O) groups excluding carboxylic acids is 1. The van der Waals surface area contributed by atoms with Crippen molar-refractivity contribution in [2.75, 3.05) is 0 Å².